The van der Waals surface area contributed by atoms with Gasteiger partial charge >= 0.3 is 6.03 Å². The number of halogens is 2. The number of carbonyl (C=O) groups excluding carboxylic acids is 2. The van der Waals surface area contributed by atoms with Crippen LogP contribution >= 0.6 is 23.2 Å². The van der Waals surface area contributed by atoms with Gasteiger partial charge in [-0.15, -0.1) is 6.58 Å². The molecule has 30 heavy (non-hydrogen) atoms. The largest absolute Gasteiger partial charge is 0.486 e. The number of non-ortho nitro benzene ring substituents is 1. The first kappa shape index (κ1) is 21.4. The summed E-state index contributed by atoms with van der Waals surface area (Å²) in [4.78, 5) is 35.3. The minimum atomic E-state index is -0.536. The second-order valence-electron chi connectivity index (χ2n) is 6.22. The number of hydrogen-bond acceptors (Lipinski definition) is 5. The summed E-state index contributed by atoms with van der Waals surface area (Å²) < 4.78 is 5.66. The first-order valence-electron chi connectivity index (χ1n) is 8.60. The van der Waals surface area contributed by atoms with E-state index in [4.69, 9.17) is 27.9 Å². The van der Waals surface area contributed by atoms with Gasteiger partial charge in [0.05, 0.1) is 15.0 Å². The number of nitro benzene ring substituents is 1. The third-order valence-electron chi connectivity index (χ3n) is 4.14. The first-order valence-corrected chi connectivity index (χ1v) is 9.36. The highest BCUT2D eigenvalue weighted by atomic mass is 35.5. The van der Waals surface area contributed by atoms with E-state index < -0.39 is 16.9 Å². The Hall–Kier alpha value is -3.36. The molecule has 10 heteroatoms. The maximum atomic E-state index is 12.3. The van der Waals surface area contributed by atoms with E-state index in [0.717, 1.165) is 4.90 Å². The Morgan fingerprint density at radius 3 is 2.37 bits per heavy atom. The maximum absolute atomic E-state index is 12.3. The second-order valence-corrected chi connectivity index (χ2v) is 7.03. The van der Waals surface area contributed by atoms with Crippen molar-refractivity contribution < 1.29 is 19.2 Å². The summed E-state index contributed by atoms with van der Waals surface area (Å²) in [5.74, 6) is -0.250. The smallest absolute Gasteiger partial charge is 0.329 e. The summed E-state index contributed by atoms with van der Waals surface area (Å²) in [6, 6.07) is 8.44. The van der Waals surface area contributed by atoms with Crippen LogP contribution in [-0.4, -0.2) is 28.3 Å². The topological polar surface area (TPSA) is 102 Å². The molecule has 154 valence electrons. The fourth-order valence-corrected chi connectivity index (χ4v) is 3.32. The van der Waals surface area contributed by atoms with E-state index in [9.17, 15) is 19.7 Å². The summed E-state index contributed by atoms with van der Waals surface area (Å²) in [6.07, 6.45) is 2.91. The Morgan fingerprint density at radius 2 is 1.80 bits per heavy atom. The molecule has 1 N–H and O–H groups in total. The quantitative estimate of drug-likeness (QED) is 0.220. The normalized spacial score (nSPS) is 14.7. The molecule has 3 rings (SSSR count). The van der Waals surface area contributed by atoms with Crippen molar-refractivity contribution in [1.29, 1.82) is 0 Å². The van der Waals surface area contributed by atoms with Crippen molar-refractivity contribution in [1.82, 2.24) is 10.2 Å². The number of carbonyl (C=O) groups is 2. The molecular weight excluding hydrogens is 433 g/mol. The number of amides is 3. The van der Waals surface area contributed by atoms with Gasteiger partial charge in [0.2, 0.25) is 0 Å². The van der Waals surface area contributed by atoms with E-state index in [-0.39, 0.29) is 40.3 Å². The molecule has 0 bridgehead atoms. The highest BCUT2D eigenvalue weighted by molar-refractivity contribution is 6.37. The molecule has 0 aromatic heterocycles. The van der Waals surface area contributed by atoms with Crippen LogP contribution in [0.4, 0.5) is 10.5 Å². The first-order chi connectivity index (χ1) is 14.3. The Labute approximate surface area is 181 Å². The van der Waals surface area contributed by atoms with E-state index in [2.05, 4.69) is 11.9 Å². The van der Waals surface area contributed by atoms with Crippen molar-refractivity contribution in [2.45, 2.75) is 6.61 Å². The molecule has 1 aliphatic heterocycles. The van der Waals surface area contributed by atoms with Crippen LogP contribution < -0.4 is 10.1 Å². The van der Waals surface area contributed by atoms with Crippen molar-refractivity contribution in [3.05, 3.63) is 86.0 Å². The van der Waals surface area contributed by atoms with Crippen molar-refractivity contribution in [2.75, 3.05) is 6.54 Å². The third kappa shape index (κ3) is 4.61. The van der Waals surface area contributed by atoms with E-state index in [1.165, 1.54) is 24.3 Å². The number of nitrogens with one attached hydrogen (secondary N) is 1. The molecule has 1 saturated heterocycles. The van der Waals surface area contributed by atoms with Crippen molar-refractivity contribution in [3.63, 3.8) is 0 Å². The summed E-state index contributed by atoms with van der Waals surface area (Å²) >= 11 is 12.5. The number of rotatable bonds is 7. The Bertz CT molecular complexity index is 1040. The van der Waals surface area contributed by atoms with Gasteiger partial charge in [-0.2, -0.15) is 0 Å². The number of hydrogen-bond donors (Lipinski definition) is 1. The lowest BCUT2D eigenvalue weighted by molar-refractivity contribution is -0.384. The molecule has 3 amide bonds. The van der Waals surface area contributed by atoms with E-state index >= 15 is 0 Å². The minimum absolute atomic E-state index is 0.0209. The lowest BCUT2D eigenvalue weighted by Gasteiger charge is -2.11. The zero-order valence-corrected chi connectivity index (χ0v) is 16.9. The summed E-state index contributed by atoms with van der Waals surface area (Å²) in [5, 5.41) is 13.6. The van der Waals surface area contributed by atoms with E-state index in [1.54, 1.807) is 24.3 Å². The van der Waals surface area contributed by atoms with Gasteiger partial charge in [0.25, 0.3) is 11.6 Å². The molecule has 1 fully saturated rings. The number of urea groups is 1. The Kier molecular flexibility index (Phi) is 6.39. The zero-order valence-electron chi connectivity index (χ0n) is 15.4. The predicted octanol–water partition coefficient (Wildman–Crippen LogP) is 4.56. The Balaban J connectivity index is 1.75. The van der Waals surface area contributed by atoms with Gasteiger partial charge in [-0.1, -0.05) is 29.3 Å². The van der Waals surface area contributed by atoms with Crippen LogP contribution in [0.1, 0.15) is 11.1 Å². The van der Waals surface area contributed by atoms with Gasteiger partial charge < -0.3 is 10.1 Å². The van der Waals surface area contributed by atoms with Gasteiger partial charge in [-0.3, -0.25) is 19.8 Å². The molecule has 0 saturated carbocycles. The van der Waals surface area contributed by atoms with E-state index in [0.29, 0.717) is 11.1 Å². The average molecular weight is 448 g/mol. The lowest BCUT2D eigenvalue weighted by atomic mass is 10.1. The number of ether oxygens (including phenoxy) is 1. The van der Waals surface area contributed by atoms with Gasteiger partial charge in [0, 0.05) is 18.7 Å². The van der Waals surface area contributed by atoms with Crippen LogP contribution in [0, 0.1) is 10.1 Å². The molecule has 1 aliphatic rings. The zero-order chi connectivity index (χ0) is 21.8. The van der Waals surface area contributed by atoms with Crippen LogP contribution in [0.15, 0.2) is 54.8 Å². The Morgan fingerprint density at radius 1 is 1.17 bits per heavy atom. The molecule has 0 atom stereocenters. The average Bonchev–Trinajstić information content (AvgIpc) is 2.95. The fraction of sp³-hybridized carbons (Fsp3) is 0.100. The summed E-state index contributed by atoms with van der Waals surface area (Å²) in [7, 11) is 0. The standard InChI is InChI=1S/C20H15Cl2N3O5/c1-2-7-24-19(26)17(23-20(24)27)10-13-8-15(21)18(16(22)9-13)30-11-12-3-5-14(6-4-12)25(28)29/h2-6,8-10H,1,7,11H2,(H,23,27)/b17-10+. The highest BCUT2D eigenvalue weighted by Gasteiger charge is 2.32. The number of imide groups is 1. The van der Waals surface area contributed by atoms with Crippen LogP contribution in [0.2, 0.25) is 10.0 Å². The number of nitrogens with zero attached hydrogens (tertiary/aromatic N) is 2. The highest BCUT2D eigenvalue weighted by Crippen LogP contribution is 2.35. The van der Waals surface area contributed by atoms with Crippen LogP contribution in [-0.2, 0) is 11.4 Å². The molecule has 0 radical (unpaired) electrons. The molecule has 2 aromatic carbocycles. The summed E-state index contributed by atoms with van der Waals surface area (Å²) in [6.45, 7) is 3.71. The number of nitro groups is 1. The van der Waals surface area contributed by atoms with Crippen molar-refractivity contribution >= 4 is 46.9 Å². The van der Waals surface area contributed by atoms with Crippen LogP contribution in [0.5, 0.6) is 5.75 Å². The van der Waals surface area contributed by atoms with Crippen LogP contribution in [0.25, 0.3) is 6.08 Å². The molecule has 2 aromatic rings. The van der Waals surface area contributed by atoms with Gasteiger partial charge in [0.15, 0.2) is 5.75 Å². The predicted molar refractivity (Wildman–Crippen MR) is 112 cm³/mol. The summed E-state index contributed by atoms with van der Waals surface area (Å²) in [5.41, 5.74) is 1.26. The maximum Gasteiger partial charge on any atom is 0.329 e. The van der Waals surface area contributed by atoms with Crippen molar-refractivity contribution in [2.24, 2.45) is 0 Å². The van der Waals surface area contributed by atoms with Gasteiger partial charge in [0.1, 0.15) is 12.3 Å². The molecular formula is C20H15Cl2N3O5. The molecule has 8 nitrogen and oxygen atoms in total. The molecule has 0 spiro atoms. The second kappa shape index (κ2) is 8.98. The van der Waals surface area contributed by atoms with Gasteiger partial charge in [-0.05, 0) is 41.5 Å². The van der Waals surface area contributed by atoms with Gasteiger partial charge in [-0.25, -0.2) is 4.79 Å². The third-order valence-corrected chi connectivity index (χ3v) is 4.70. The molecule has 0 unspecified atom stereocenters. The minimum Gasteiger partial charge on any atom is -0.486 e. The van der Waals surface area contributed by atoms with Crippen molar-refractivity contribution in [3.8, 4) is 5.75 Å². The van der Waals surface area contributed by atoms with E-state index in [1.807, 2.05) is 0 Å². The van der Waals surface area contributed by atoms with Crippen LogP contribution in [0.3, 0.4) is 0 Å². The molecule has 1 heterocycles. The fourth-order valence-electron chi connectivity index (χ4n) is 2.70. The number of benzene rings is 2. The lowest BCUT2D eigenvalue weighted by Crippen LogP contribution is -2.30. The monoisotopic (exact) mass is 447 g/mol. The molecule has 0 aliphatic carbocycles. The SMILES string of the molecule is C=CCN1C(=O)N/C(=C/c2cc(Cl)c(OCc3ccc([N+](=O)[O-])cc3)c(Cl)c2)C1=O.